The minimum Gasteiger partial charge on any atom is -0.491 e. The molecule has 0 aliphatic heterocycles. The molecular weight excluding hydrogens is 294 g/mol. The first kappa shape index (κ1) is 16.5. The fourth-order valence-electron chi connectivity index (χ4n) is 1.95. The van der Waals surface area contributed by atoms with Crippen molar-refractivity contribution in [3.05, 3.63) is 54.1 Å². The Morgan fingerprint density at radius 3 is 2.48 bits per heavy atom. The maximum absolute atomic E-state index is 12.0. The molecule has 0 unspecified atom stereocenters. The molecule has 0 saturated heterocycles. The van der Waals surface area contributed by atoms with Gasteiger partial charge in [0.15, 0.2) is 12.9 Å². The van der Waals surface area contributed by atoms with E-state index in [-0.39, 0.29) is 12.5 Å². The summed E-state index contributed by atoms with van der Waals surface area (Å²) in [5.41, 5.74) is 1.00. The largest absolute Gasteiger partial charge is 0.491 e. The van der Waals surface area contributed by atoms with Crippen LogP contribution in [0.15, 0.2) is 48.5 Å². The summed E-state index contributed by atoms with van der Waals surface area (Å²) < 4.78 is 11.0. The van der Waals surface area contributed by atoms with Crippen LogP contribution in [0.5, 0.6) is 11.5 Å². The van der Waals surface area contributed by atoms with Crippen LogP contribution < -0.4 is 14.8 Å². The van der Waals surface area contributed by atoms with Crippen molar-refractivity contribution in [2.45, 2.75) is 13.3 Å². The standard InChI is InChI=1S/C18H19NO4/c1-2-11-22-17-10-6-4-8-15(17)19-18(21)13-23-16-9-5-3-7-14(16)12-20/h3-10,12H,2,11,13H2,1H3,(H,19,21). The summed E-state index contributed by atoms with van der Waals surface area (Å²) >= 11 is 0. The van der Waals surface area contributed by atoms with Crippen LogP contribution >= 0.6 is 0 Å². The number of rotatable bonds is 8. The van der Waals surface area contributed by atoms with Crippen LogP contribution in [-0.4, -0.2) is 25.4 Å². The first-order valence-corrected chi connectivity index (χ1v) is 7.43. The van der Waals surface area contributed by atoms with E-state index < -0.39 is 0 Å². The van der Waals surface area contributed by atoms with E-state index in [1.54, 1.807) is 36.4 Å². The molecule has 5 heteroatoms. The Morgan fingerprint density at radius 2 is 1.74 bits per heavy atom. The average Bonchev–Trinajstić information content (AvgIpc) is 2.59. The van der Waals surface area contributed by atoms with E-state index in [0.29, 0.717) is 35.6 Å². The zero-order valence-corrected chi connectivity index (χ0v) is 13.0. The molecule has 5 nitrogen and oxygen atoms in total. The molecule has 0 atom stereocenters. The van der Waals surface area contributed by atoms with Gasteiger partial charge in [0.25, 0.3) is 5.91 Å². The monoisotopic (exact) mass is 313 g/mol. The number of carbonyl (C=O) groups excluding carboxylic acids is 2. The third kappa shape index (κ3) is 4.85. The van der Waals surface area contributed by atoms with Crippen LogP contribution in [0.4, 0.5) is 5.69 Å². The van der Waals surface area contributed by atoms with Gasteiger partial charge in [-0.2, -0.15) is 0 Å². The molecule has 0 aromatic heterocycles. The second-order valence-corrected chi connectivity index (χ2v) is 4.84. The Hall–Kier alpha value is -2.82. The topological polar surface area (TPSA) is 64.6 Å². The summed E-state index contributed by atoms with van der Waals surface area (Å²) in [6.45, 7) is 2.41. The fourth-order valence-corrected chi connectivity index (χ4v) is 1.95. The van der Waals surface area contributed by atoms with Gasteiger partial charge in [0.1, 0.15) is 11.5 Å². The van der Waals surface area contributed by atoms with Crippen LogP contribution in [0, 0.1) is 0 Å². The van der Waals surface area contributed by atoms with Crippen molar-refractivity contribution in [1.82, 2.24) is 0 Å². The third-order valence-corrected chi connectivity index (χ3v) is 3.03. The van der Waals surface area contributed by atoms with Gasteiger partial charge < -0.3 is 14.8 Å². The maximum atomic E-state index is 12.0. The van der Waals surface area contributed by atoms with Crippen LogP contribution in [0.25, 0.3) is 0 Å². The summed E-state index contributed by atoms with van der Waals surface area (Å²) in [4.78, 5) is 22.9. The number of hydrogen-bond acceptors (Lipinski definition) is 4. The highest BCUT2D eigenvalue weighted by atomic mass is 16.5. The molecule has 2 rings (SSSR count). The molecule has 120 valence electrons. The van der Waals surface area contributed by atoms with Crippen molar-refractivity contribution < 1.29 is 19.1 Å². The van der Waals surface area contributed by atoms with Gasteiger partial charge in [-0.05, 0) is 30.7 Å². The number of ether oxygens (including phenoxy) is 2. The Balaban J connectivity index is 1.96. The van der Waals surface area contributed by atoms with Gasteiger partial charge in [0.2, 0.25) is 0 Å². The van der Waals surface area contributed by atoms with Crippen molar-refractivity contribution in [1.29, 1.82) is 0 Å². The van der Waals surface area contributed by atoms with Gasteiger partial charge in [-0.15, -0.1) is 0 Å². The molecule has 0 bridgehead atoms. The number of carbonyl (C=O) groups is 2. The van der Waals surface area contributed by atoms with Crippen molar-refractivity contribution in [3.63, 3.8) is 0 Å². The highest BCUT2D eigenvalue weighted by Crippen LogP contribution is 2.24. The highest BCUT2D eigenvalue weighted by molar-refractivity contribution is 5.93. The zero-order valence-electron chi connectivity index (χ0n) is 13.0. The molecule has 0 spiro atoms. The molecule has 1 amide bonds. The average molecular weight is 313 g/mol. The summed E-state index contributed by atoms with van der Waals surface area (Å²) in [5.74, 6) is 0.683. The van der Waals surface area contributed by atoms with Crippen LogP contribution in [-0.2, 0) is 4.79 Å². The van der Waals surface area contributed by atoms with E-state index >= 15 is 0 Å². The van der Waals surface area contributed by atoms with E-state index in [1.807, 2.05) is 19.1 Å². The molecule has 0 fully saturated rings. The Kier molecular flexibility index (Phi) is 6.17. The molecule has 0 aliphatic carbocycles. The first-order chi connectivity index (χ1) is 11.2. The number of para-hydroxylation sites is 3. The maximum Gasteiger partial charge on any atom is 0.262 e. The number of hydrogen-bond donors (Lipinski definition) is 1. The van der Waals surface area contributed by atoms with E-state index in [9.17, 15) is 9.59 Å². The van der Waals surface area contributed by atoms with Crippen molar-refractivity contribution in [2.75, 3.05) is 18.5 Å². The van der Waals surface area contributed by atoms with Crippen LogP contribution in [0.2, 0.25) is 0 Å². The predicted octanol–water partition coefficient (Wildman–Crippen LogP) is 3.31. The summed E-state index contributed by atoms with van der Waals surface area (Å²) in [7, 11) is 0. The quantitative estimate of drug-likeness (QED) is 0.759. The first-order valence-electron chi connectivity index (χ1n) is 7.43. The summed E-state index contributed by atoms with van der Waals surface area (Å²) in [5, 5.41) is 2.75. The fraction of sp³-hybridized carbons (Fsp3) is 0.222. The molecule has 2 aromatic carbocycles. The van der Waals surface area contributed by atoms with Gasteiger partial charge in [0, 0.05) is 0 Å². The lowest BCUT2D eigenvalue weighted by Gasteiger charge is -2.12. The van der Waals surface area contributed by atoms with E-state index in [0.717, 1.165) is 6.42 Å². The predicted molar refractivity (Wildman–Crippen MR) is 88.2 cm³/mol. The van der Waals surface area contributed by atoms with Crippen LogP contribution in [0.3, 0.4) is 0 Å². The number of benzene rings is 2. The van der Waals surface area contributed by atoms with Crippen molar-refractivity contribution >= 4 is 17.9 Å². The molecule has 23 heavy (non-hydrogen) atoms. The Labute approximate surface area is 135 Å². The number of anilines is 1. The molecule has 0 radical (unpaired) electrons. The molecule has 0 aliphatic rings. The number of nitrogens with one attached hydrogen (secondary N) is 1. The summed E-state index contributed by atoms with van der Waals surface area (Å²) in [6, 6.07) is 14.0. The second kappa shape index (κ2) is 8.58. The lowest BCUT2D eigenvalue weighted by Crippen LogP contribution is -2.21. The zero-order chi connectivity index (χ0) is 16.5. The Bertz CT molecular complexity index is 670. The molecule has 2 aromatic rings. The van der Waals surface area contributed by atoms with Crippen LogP contribution in [0.1, 0.15) is 23.7 Å². The molecule has 1 N–H and O–H groups in total. The summed E-state index contributed by atoms with van der Waals surface area (Å²) in [6.07, 6.45) is 1.58. The van der Waals surface area contributed by atoms with E-state index in [2.05, 4.69) is 5.32 Å². The van der Waals surface area contributed by atoms with Gasteiger partial charge in [-0.3, -0.25) is 9.59 Å². The van der Waals surface area contributed by atoms with Crippen molar-refractivity contribution in [3.8, 4) is 11.5 Å². The van der Waals surface area contributed by atoms with E-state index in [1.165, 1.54) is 0 Å². The second-order valence-electron chi connectivity index (χ2n) is 4.84. The van der Waals surface area contributed by atoms with Gasteiger partial charge >= 0.3 is 0 Å². The van der Waals surface area contributed by atoms with Gasteiger partial charge in [-0.1, -0.05) is 31.2 Å². The third-order valence-electron chi connectivity index (χ3n) is 3.03. The molecule has 0 heterocycles. The normalized spacial score (nSPS) is 9.96. The van der Waals surface area contributed by atoms with E-state index in [4.69, 9.17) is 9.47 Å². The van der Waals surface area contributed by atoms with Gasteiger partial charge in [0.05, 0.1) is 17.9 Å². The minimum absolute atomic E-state index is 0.188. The number of amides is 1. The van der Waals surface area contributed by atoms with Crippen molar-refractivity contribution in [2.24, 2.45) is 0 Å². The Morgan fingerprint density at radius 1 is 1.04 bits per heavy atom. The SMILES string of the molecule is CCCOc1ccccc1NC(=O)COc1ccccc1C=O. The highest BCUT2D eigenvalue weighted by Gasteiger charge is 2.09. The lowest BCUT2D eigenvalue weighted by molar-refractivity contribution is -0.118. The molecule has 0 saturated carbocycles. The lowest BCUT2D eigenvalue weighted by atomic mass is 10.2. The molecular formula is C18H19NO4. The van der Waals surface area contributed by atoms with Gasteiger partial charge in [-0.25, -0.2) is 0 Å². The minimum atomic E-state index is -0.321. The number of aldehydes is 1. The smallest absolute Gasteiger partial charge is 0.262 e.